The Morgan fingerprint density at radius 2 is 1.78 bits per heavy atom. The van der Waals surface area contributed by atoms with E-state index < -0.39 is 5.54 Å². The molecular weight excluding hydrogens is 295 g/mol. The van der Waals surface area contributed by atoms with Crippen molar-refractivity contribution in [3.8, 4) is 0 Å². The normalized spacial score (nSPS) is 12.1. The molecule has 4 nitrogen and oxygen atoms in total. The van der Waals surface area contributed by atoms with E-state index in [1.54, 1.807) is 30.3 Å². The molecule has 1 heterocycles. The zero-order chi connectivity index (χ0) is 17.0. The predicted molar refractivity (Wildman–Crippen MR) is 89.2 cm³/mol. The lowest BCUT2D eigenvalue weighted by molar-refractivity contribution is -0.117. The van der Waals surface area contributed by atoms with E-state index >= 15 is 0 Å². The minimum atomic E-state index is -0.447. The van der Waals surface area contributed by atoms with Gasteiger partial charge in [-0.2, -0.15) is 0 Å². The van der Waals surface area contributed by atoms with Crippen LogP contribution in [0.15, 0.2) is 53.5 Å². The largest absolute Gasteiger partial charge is 0.346 e. The summed E-state index contributed by atoms with van der Waals surface area (Å²) in [7, 11) is 0. The Balaban J connectivity index is 2.51. The van der Waals surface area contributed by atoms with E-state index in [4.69, 9.17) is 0 Å². The fraction of sp³-hybridized carbons (Fsp3) is 0.222. The minimum Gasteiger partial charge on any atom is -0.346 e. The molecule has 0 aliphatic heterocycles. The first-order valence-corrected chi connectivity index (χ1v) is 7.24. The van der Waals surface area contributed by atoms with Crippen LogP contribution in [0, 0.1) is 5.82 Å². The van der Waals surface area contributed by atoms with Crippen LogP contribution in [0.5, 0.6) is 0 Å². The molecule has 5 heteroatoms. The summed E-state index contributed by atoms with van der Waals surface area (Å²) in [5, 5.41) is 2.84. The molecule has 0 fully saturated rings. The summed E-state index contributed by atoms with van der Waals surface area (Å²) in [5.74, 6) is -0.741. The van der Waals surface area contributed by atoms with Crippen molar-refractivity contribution in [1.82, 2.24) is 9.88 Å². The molecule has 2 rings (SSSR count). The molecule has 1 aromatic carbocycles. The second-order valence-electron chi connectivity index (χ2n) is 6.19. The van der Waals surface area contributed by atoms with Crippen molar-refractivity contribution < 1.29 is 9.18 Å². The van der Waals surface area contributed by atoms with E-state index in [0.717, 1.165) is 0 Å². The van der Waals surface area contributed by atoms with Gasteiger partial charge in [0.2, 0.25) is 0 Å². The summed E-state index contributed by atoms with van der Waals surface area (Å²) in [6, 6.07) is 10.4. The molecule has 1 N–H and O–H groups in total. The zero-order valence-electron chi connectivity index (χ0n) is 13.3. The van der Waals surface area contributed by atoms with Gasteiger partial charge in [-0.25, -0.2) is 4.39 Å². The average Bonchev–Trinajstić information content (AvgIpc) is 2.46. The van der Waals surface area contributed by atoms with Crippen LogP contribution in [0.25, 0.3) is 11.8 Å². The SMILES string of the molecule is CC(C)(C)NC(=O)C(=Cc1ccc(F)cc1)n1ccccc1=O. The highest BCUT2D eigenvalue weighted by Gasteiger charge is 2.19. The number of pyridine rings is 1. The molecule has 0 spiro atoms. The van der Waals surface area contributed by atoms with Gasteiger partial charge in [-0.05, 0) is 50.6 Å². The lowest BCUT2D eigenvalue weighted by Crippen LogP contribution is -2.42. The standard InChI is InChI=1S/C18H19FN2O2/c1-18(2,3)20-17(23)15(21-11-5-4-6-16(21)22)12-13-7-9-14(19)10-8-13/h4-12H,1-3H3,(H,20,23). The summed E-state index contributed by atoms with van der Waals surface area (Å²) < 4.78 is 14.3. The quantitative estimate of drug-likeness (QED) is 0.886. The number of carbonyl (C=O) groups excluding carboxylic acids is 1. The fourth-order valence-electron chi connectivity index (χ4n) is 1.99. The molecule has 0 atom stereocenters. The molecule has 0 bridgehead atoms. The summed E-state index contributed by atoms with van der Waals surface area (Å²) in [5.41, 5.74) is 0.0421. The number of hydrogen-bond acceptors (Lipinski definition) is 2. The van der Waals surface area contributed by atoms with Gasteiger partial charge in [-0.1, -0.05) is 18.2 Å². The number of aromatic nitrogens is 1. The lowest BCUT2D eigenvalue weighted by Gasteiger charge is -2.22. The number of benzene rings is 1. The van der Waals surface area contributed by atoms with Gasteiger partial charge in [-0.3, -0.25) is 14.2 Å². The maximum absolute atomic E-state index is 13.0. The third-order valence-electron chi connectivity index (χ3n) is 2.98. The average molecular weight is 314 g/mol. The molecular formula is C18H19FN2O2. The van der Waals surface area contributed by atoms with Crippen molar-refractivity contribution in [2.75, 3.05) is 0 Å². The van der Waals surface area contributed by atoms with Crippen molar-refractivity contribution in [3.63, 3.8) is 0 Å². The van der Waals surface area contributed by atoms with E-state index in [2.05, 4.69) is 5.32 Å². The first-order valence-electron chi connectivity index (χ1n) is 7.24. The second-order valence-corrected chi connectivity index (χ2v) is 6.19. The van der Waals surface area contributed by atoms with Crippen molar-refractivity contribution in [3.05, 3.63) is 70.4 Å². The molecule has 120 valence electrons. The highest BCUT2D eigenvalue weighted by atomic mass is 19.1. The number of halogens is 1. The fourth-order valence-corrected chi connectivity index (χ4v) is 1.99. The van der Waals surface area contributed by atoms with Gasteiger partial charge < -0.3 is 5.32 Å². The third-order valence-corrected chi connectivity index (χ3v) is 2.98. The Bertz CT molecular complexity index is 784. The Morgan fingerprint density at radius 1 is 1.13 bits per heavy atom. The zero-order valence-corrected chi connectivity index (χ0v) is 13.3. The van der Waals surface area contributed by atoms with Crippen LogP contribution in [-0.2, 0) is 4.79 Å². The first kappa shape index (κ1) is 16.7. The van der Waals surface area contributed by atoms with Gasteiger partial charge in [0.1, 0.15) is 11.5 Å². The first-order chi connectivity index (χ1) is 10.8. The van der Waals surface area contributed by atoms with Gasteiger partial charge in [0, 0.05) is 17.8 Å². The van der Waals surface area contributed by atoms with Crippen LogP contribution in [0.3, 0.4) is 0 Å². The van der Waals surface area contributed by atoms with Crippen molar-refractivity contribution in [2.24, 2.45) is 0 Å². The smallest absolute Gasteiger partial charge is 0.268 e. The molecule has 0 aliphatic carbocycles. The number of carbonyl (C=O) groups is 1. The molecule has 1 aromatic heterocycles. The Kier molecular flexibility index (Phi) is 4.79. The van der Waals surface area contributed by atoms with E-state index in [1.807, 2.05) is 20.8 Å². The monoisotopic (exact) mass is 314 g/mol. The molecule has 0 radical (unpaired) electrons. The second kappa shape index (κ2) is 6.60. The van der Waals surface area contributed by atoms with Gasteiger partial charge in [0.15, 0.2) is 0 Å². The summed E-state index contributed by atoms with van der Waals surface area (Å²) in [4.78, 5) is 24.6. The van der Waals surface area contributed by atoms with E-state index in [9.17, 15) is 14.0 Å². The van der Waals surface area contributed by atoms with Gasteiger partial charge in [0.25, 0.3) is 11.5 Å². The highest BCUT2D eigenvalue weighted by Crippen LogP contribution is 2.13. The predicted octanol–water partition coefficient (Wildman–Crippen LogP) is 2.90. The summed E-state index contributed by atoms with van der Waals surface area (Å²) in [6.07, 6.45) is 3.09. The van der Waals surface area contributed by atoms with Gasteiger partial charge >= 0.3 is 0 Å². The number of rotatable bonds is 3. The Labute approximate surface area is 134 Å². The summed E-state index contributed by atoms with van der Waals surface area (Å²) in [6.45, 7) is 5.57. The number of nitrogens with one attached hydrogen (secondary N) is 1. The molecule has 0 unspecified atom stereocenters. The number of hydrogen-bond donors (Lipinski definition) is 1. The molecule has 0 aliphatic rings. The number of amides is 1. The van der Waals surface area contributed by atoms with Crippen LogP contribution in [-0.4, -0.2) is 16.0 Å². The summed E-state index contributed by atoms with van der Waals surface area (Å²) >= 11 is 0. The van der Waals surface area contributed by atoms with Crippen LogP contribution in [0.2, 0.25) is 0 Å². The third kappa shape index (κ3) is 4.64. The maximum Gasteiger partial charge on any atom is 0.268 e. The molecule has 23 heavy (non-hydrogen) atoms. The van der Waals surface area contributed by atoms with Crippen molar-refractivity contribution in [1.29, 1.82) is 0 Å². The van der Waals surface area contributed by atoms with Crippen LogP contribution < -0.4 is 10.9 Å². The van der Waals surface area contributed by atoms with Crippen molar-refractivity contribution >= 4 is 17.7 Å². The topological polar surface area (TPSA) is 51.1 Å². The Morgan fingerprint density at radius 3 is 2.35 bits per heavy atom. The molecule has 0 saturated carbocycles. The van der Waals surface area contributed by atoms with Crippen LogP contribution >= 0.6 is 0 Å². The highest BCUT2D eigenvalue weighted by molar-refractivity contribution is 6.18. The van der Waals surface area contributed by atoms with E-state index in [-0.39, 0.29) is 23.0 Å². The number of nitrogens with zero attached hydrogens (tertiary/aromatic N) is 1. The maximum atomic E-state index is 13.0. The van der Waals surface area contributed by atoms with Crippen LogP contribution in [0.4, 0.5) is 4.39 Å². The van der Waals surface area contributed by atoms with E-state index in [0.29, 0.717) is 5.56 Å². The minimum absolute atomic E-state index is 0.178. The molecule has 1 amide bonds. The molecule has 0 saturated heterocycles. The lowest BCUT2D eigenvalue weighted by atomic mass is 10.1. The van der Waals surface area contributed by atoms with Gasteiger partial charge in [-0.15, -0.1) is 0 Å². The van der Waals surface area contributed by atoms with Crippen LogP contribution in [0.1, 0.15) is 26.3 Å². The molecule has 2 aromatic rings. The van der Waals surface area contributed by atoms with Gasteiger partial charge in [0.05, 0.1) is 0 Å². The Hall–Kier alpha value is -2.69. The van der Waals surface area contributed by atoms with Crippen molar-refractivity contribution in [2.45, 2.75) is 26.3 Å². The van der Waals surface area contributed by atoms with E-state index in [1.165, 1.54) is 29.0 Å².